The summed E-state index contributed by atoms with van der Waals surface area (Å²) in [4.78, 5) is 4.53. The van der Waals surface area contributed by atoms with E-state index >= 15 is 0 Å². The number of guanidine groups is 1. The monoisotopic (exact) mass is 417 g/mol. The maximum Gasteiger partial charge on any atom is 0.191 e. The van der Waals surface area contributed by atoms with Crippen LogP contribution >= 0.6 is 0 Å². The summed E-state index contributed by atoms with van der Waals surface area (Å²) in [6.07, 6.45) is -0.589. The van der Waals surface area contributed by atoms with Crippen molar-refractivity contribution in [1.82, 2.24) is 10.6 Å². The normalized spacial score (nSPS) is 12.7. The number of aliphatic hydroxyl groups is 1. The van der Waals surface area contributed by atoms with E-state index in [2.05, 4.69) is 15.6 Å². The fourth-order valence-corrected chi connectivity index (χ4v) is 2.86. The van der Waals surface area contributed by atoms with Crippen molar-refractivity contribution in [3.8, 4) is 5.75 Å². The van der Waals surface area contributed by atoms with Gasteiger partial charge in [-0.1, -0.05) is 18.2 Å². The number of rotatable bonds is 10. The number of nitrogens with zero attached hydrogens (tertiary/aromatic N) is 1. The maximum absolute atomic E-state index is 13.8. The zero-order chi connectivity index (χ0) is 21.9. The number of halogens is 1. The first kappa shape index (κ1) is 23.6. The molecule has 0 radical (unpaired) electrons. The molecule has 0 spiro atoms. The highest BCUT2D eigenvalue weighted by Gasteiger charge is 2.10. The lowest BCUT2D eigenvalue weighted by atomic mass is 10.1. The smallest absolute Gasteiger partial charge is 0.191 e. The predicted molar refractivity (Wildman–Crippen MR) is 117 cm³/mol. The van der Waals surface area contributed by atoms with Crippen LogP contribution in [0.5, 0.6) is 5.75 Å². The van der Waals surface area contributed by atoms with Gasteiger partial charge in [-0.25, -0.2) is 9.38 Å². The van der Waals surface area contributed by atoms with Crippen LogP contribution in [-0.4, -0.2) is 37.4 Å². The fourth-order valence-electron chi connectivity index (χ4n) is 2.86. The molecule has 2 aromatic carbocycles. The summed E-state index contributed by atoms with van der Waals surface area (Å²) >= 11 is 0. The van der Waals surface area contributed by atoms with Crippen LogP contribution in [0.4, 0.5) is 4.39 Å². The minimum atomic E-state index is -0.693. The molecule has 0 amide bonds. The van der Waals surface area contributed by atoms with Gasteiger partial charge >= 0.3 is 0 Å². The van der Waals surface area contributed by atoms with E-state index in [4.69, 9.17) is 9.47 Å². The van der Waals surface area contributed by atoms with Crippen molar-refractivity contribution in [3.05, 3.63) is 65.0 Å². The van der Waals surface area contributed by atoms with Gasteiger partial charge in [0, 0.05) is 25.8 Å². The van der Waals surface area contributed by atoms with E-state index in [0.29, 0.717) is 31.2 Å². The van der Waals surface area contributed by atoms with Crippen LogP contribution in [0.3, 0.4) is 0 Å². The van der Waals surface area contributed by atoms with Crippen LogP contribution in [0.1, 0.15) is 43.6 Å². The SMILES string of the molecule is CCNC(=NCc1ccc(F)c(COC)c1)NCC(O)c1ccc(OC(C)C)cc1. The second kappa shape index (κ2) is 12.1. The highest BCUT2D eigenvalue weighted by Crippen LogP contribution is 2.18. The molecule has 0 aliphatic rings. The van der Waals surface area contributed by atoms with Gasteiger partial charge in [-0.2, -0.15) is 0 Å². The van der Waals surface area contributed by atoms with E-state index in [0.717, 1.165) is 16.9 Å². The van der Waals surface area contributed by atoms with E-state index in [9.17, 15) is 9.50 Å². The molecule has 0 aliphatic heterocycles. The van der Waals surface area contributed by atoms with Crippen LogP contribution in [0.25, 0.3) is 0 Å². The van der Waals surface area contributed by atoms with Crippen molar-refractivity contribution in [2.24, 2.45) is 4.99 Å². The molecular weight excluding hydrogens is 385 g/mol. The van der Waals surface area contributed by atoms with Crippen molar-refractivity contribution in [1.29, 1.82) is 0 Å². The molecule has 6 nitrogen and oxygen atoms in total. The first-order valence-corrected chi connectivity index (χ1v) is 10.2. The molecule has 0 saturated carbocycles. The van der Waals surface area contributed by atoms with Gasteiger partial charge in [0.05, 0.1) is 25.4 Å². The van der Waals surface area contributed by atoms with Crippen LogP contribution in [0.2, 0.25) is 0 Å². The van der Waals surface area contributed by atoms with Crippen molar-refractivity contribution in [2.45, 2.75) is 46.1 Å². The Morgan fingerprint density at radius 3 is 2.50 bits per heavy atom. The molecule has 0 aliphatic carbocycles. The molecule has 0 saturated heterocycles. The lowest BCUT2D eigenvalue weighted by molar-refractivity contribution is 0.180. The number of aliphatic hydroxyl groups excluding tert-OH is 1. The summed E-state index contributed by atoms with van der Waals surface area (Å²) in [7, 11) is 1.54. The summed E-state index contributed by atoms with van der Waals surface area (Å²) in [5, 5.41) is 16.8. The first-order chi connectivity index (χ1) is 14.4. The summed E-state index contributed by atoms with van der Waals surface area (Å²) in [5.41, 5.74) is 2.17. The van der Waals surface area contributed by atoms with E-state index < -0.39 is 6.10 Å². The molecule has 1 unspecified atom stereocenters. The van der Waals surface area contributed by atoms with Crippen LogP contribution < -0.4 is 15.4 Å². The highest BCUT2D eigenvalue weighted by atomic mass is 19.1. The second-order valence-corrected chi connectivity index (χ2v) is 7.19. The summed E-state index contributed by atoms with van der Waals surface area (Å²) in [5.74, 6) is 1.06. The second-order valence-electron chi connectivity index (χ2n) is 7.19. The van der Waals surface area contributed by atoms with Gasteiger partial charge in [-0.15, -0.1) is 0 Å². The van der Waals surface area contributed by atoms with Crippen LogP contribution in [0, 0.1) is 5.82 Å². The average molecular weight is 418 g/mol. The Morgan fingerprint density at radius 2 is 1.87 bits per heavy atom. The topological polar surface area (TPSA) is 75.1 Å². The third-order valence-corrected chi connectivity index (χ3v) is 4.27. The summed E-state index contributed by atoms with van der Waals surface area (Å²) in [6, 6.07) is 12.3. The molecule has 0 aromatic heterocycles. The first-order valence-electron chi connectivity index (χ1n) is 10.2. The number of nitrogens with one attached hydrogen (secondary N) is 2. The zero-order valence-corrected chi connectivity index (χ0v) is 18.1. The summed E-state index contributed by atoms with van der Waals surface area (Å²) < 4.78 is 24.4. The molecule has 3 N–H and O–H groups in total. The van der Waals surface area contributed by atoms with E-state index in [1.165, 1.54) is 13.2 Å². The number of aliphatic imine (C=N–C) groups is 1. The molecule has 1 atom stereocenters. The number of ether oxygens (including phenoxy) is 2. The Kier molecular flexibility index (Phi) is 9.57. The Labute approximate surface area is 178 Å². The van der Waals surface area contributed by atoms with Crippen LogP contribution in [0.15, 0.2) is 47.5 Å². The van der Waals surface area contributed by atoms with Gasteiger partial charge < -0.3 is 25.2 Å². The molecule has 2 aromatic rings. The number of benzene rings is 2. The van der Waals surface area contributed by atoms with E-state index in [1.54, 1.807) is 12.1 Å². The van der Waals surface area contributed by atoms with E-state index in [-0.39, 0.29) is 18.5 Å². The van der Waals surface area contributed by atoms with Crippen molar-refractivity contribution >= 4 is 5.96 Å². The van der Waals surface area contributed by atoms with Gasteiger partial charge in [-0.05, 0) is 56.2 Å². The Bertz CT molecular complexity index is 810. The largest absolute Gasteiger partial charge is 0.491 e. The van der Waals surface area contributed by atoms with Gasteiger partial charge in [0.15, 0.2) is 5.96 Å². The molecule has 164 valence electrons. The maximum atomic E-state index is 13.8. The number of methoxy groups -OCH3 is 1. The molecule has 0 bridgehead atoms. The van der Waals surface area contributed by atoms with Crippen LogP contribution in [-0.2, 0) is 17.9 Å². The molecular formula is C23H32FN3O3. The van der Waals surface area contributed by atoms with Crippen molar-refractivity contribution in [2.75, 3.05) is 20.2 Å². The zero-order valence-electron chi connectivity index (χ0n) is 18.1. The van der Waals surface area contributed by atoms with Crippen molar-refractivity contribution in [3.63, 3.8) is 0 Å². The highest BCUT2D eigenvalue weighted by molar-refractivity contribution is 5.79. The number of hydrogen-bond acceptors (Lipinski definition) is 4. The minimum absolute atomic E-state index is 0.105. The molecule has 2 rings (SSSR count). The van der Waals surface area contributed by atoms with Gasteiger partial charge in [0.25, 0.3) is 0 Å². The Morgan fingerprint density at radius 1 is 1.13 bits per heavy atom. The summed E-state index contributed by atoms with van der Waals surface area (Å²) in [6.45, 7) is 7.49. The fraction of sp³-hybridized carbons (Fsp3) is 0.435. The molecule has 0 heterocycles. The van der Waals surface area contributed by atoms with Gasteiger partial charge in [-0.3, -0.25) is 0 Å². The third-order valence-electron chi connectivity index (χ3n) is 4.27. The number of hydrogen-bond donors (Lipinski definition) is 3. The Balaban J connectivity index is 1.97. The predicted octanol–water partition coefficient (Wildman–Crippen LogP) is 3.55. The third kappa shape index (κ3) is 7.65. The average Bonchev–Trinajstić information content (AvgIpc) is 2.72. The Hall–Kier alpha value is -2.64. The standard InChI is InChI=1S/C23H32FN3O3/c1-5-25-23(26-13-17-6-11-21(24)19(12-17)15-29-4)27-14-22(28)18-7-9-20(10-8-18)30-16(2)3/h6-12,16,22,28H,5,13-15H2,1-4H3,(H2,25,26,27). The minimum Gasteiger partial charge on any atom is -0.491 e. The lowest BCUT2D eigenvalue weighted by Gasteiger charge is -2.16. The van der Waals surface area contributed by atoms with Gasteiger partial charge in [0.2, 0.25) is 0 Å². The molecule has 30 heavy (non-hydrogen) atoms. The lowest BCUT2D eigenvalue weighted by Crippen LogP contribution is -2.39. The molecule has 7 heteroatoms. The quantitative estimate of drug-likeness (QED) is 0.407. The van der Waals surface area contributed by atoms with Gasteiger partial charge in [0.1, 0.15) is 11.6 Å². The van der Waals surface area contributed by atoms with Crippen molar-refractivity contribution < 1.29 is 19.0 Å². The van der Waals surface area contributed by atoms with E-state index in [1.807, 2.05) is 45.0 Å². The molecule has 0 fully saturated rings.